The molecule has 1 saturated heterocycles. The number of anilines is 2. The summed E-state index contributed by atoms with van der Waals surface area (Å²) in [5.74, 6) is 5.21. The fraction of sp³-hybridized carbons (Fsp3) is 0.429. The summed E-state index contributed by atoms with van der Waals surface area (Å²) in [7, 11) is -3.67. The van der Waals surface area contributed by atoms with Crippen LogP contribution >= 0.6 is 11.3 Å². The number of piperidine rings is 1. The first kappa shape index (κ1) is 30.9. The van der Waals surface area contributed by atoms with Crippen molar-refractivity contribution in [2.75, 3.05) is 43.1 Å². The number of nitrogens with one attached hydrogen (secondary N) is 2. The molecule has 0 atom stereocenters. The van der Waals surface area contributed by atoms with Crippen LogP contribution in [0.3, 0.4) is 0 Å². The highest BCUT2D eigenvalue weighted by atomic mass is 32.2. The van der Waals surface area contributed by atoms with Gasteiger partial charge in [0.05, 0.1) is 38.8 Å². The molecule has 3 aromatic rings. The summed E-state index contributed by atoms with van der Waals surface area (Å²) < 4.78 is 95.2. The smallest absolute Gasteiger partial charge is 0.393 e. The number of thiophene rings is 1. The quantitative estimate of drug-likeness (QED) is 0.215. The van der Waals surface area contributed by atoms with Crippen molar-refractivity contribution in [1.82, 2.24) is 4.90 Å². The highest BCUT2D eigenvalue weighted by molar-refractivity contribution is 7.90. The highest BCUT2D eigenvalue weighted by Gasteiger charge is 2.31. The van der Waals surface area contributed by atoms with Crippen molar-refractivity contribution in [3.8, 4) is 17.6 Å². The fourth-order valence-electron chi connectivity index (χ4n) is 4.71. The summed E-state index contributed by atoms with van der Waals surface area (Å²) in [6.45, 7) is 1.71. The third-order valence-electron chi connectivity index (χ3n) is 6.76. The first-order valence-electron chi connectivity index (χ1n) is 13.0. The SMILES string of the molecule is CCN1CCC(Nc2cccc3c(CC(F)(F)F)c(C#CCNc4ccc(S(C)(=O)=O)cc4OC(F)F)sc23)CC1. The Labute approximate surface area is 239 Å². The van der Waals surface area contributed by atoms with Gasteiger partial charge in [0.1, 0.15) is 0 Å². The van der Waals surface area contributed by atoms with Gasteiger partial charge in [-0.05, 0) is 48.5 Å². The molecule has 2 heterocycles. The van der Waals surface area contributed by atoms with Crippen LogP contribution in [-0.2, 0) is 16.3 Å². The lowest BCUT2D eigenvalue weighted by molar-refractivity contribution is -0.126. The Morgan fingerprint density at radius 2 is 1.88 bits per heavy atom. The maximum atomic E-state index is 13.6. The van der Waals surface area contributed by atoms with E-state index in [2.05, 4.69) is 39.0 Å². The van der Waals surface area contributed by atoms with Crippen molar-refractivity contribution in [3.05, 3.63) is 46.8 Å². The van der Waals surface area contributed by atoms with Crippen molar-refractivity contribution in [2.24, 2.45) is 0 Å². The molecule has 1 aromatic heterocycles. The van der Waals surface area contributed by atoms with Gasteiger partial charge in [-0.25, -0.2) is 8.42 Å². The first-order valence-corrected chi connectivity index (χ1v) is 15.7. The number of hydrogen-bond donors (Lipinski definition) is 2. The third kappa shape index (κ3) is 8.24. The molecule has 13 heteroatoms. The van der Waals surface area contributed by atoms with Crippen molar-refractivity contribution in [2.45, 2.75) is 49.9 Å². The minimum absolute atomic E-state index is 0.0689. The molecule has 1 aliphatic rings. The summed E-state index contributed by atoms with van der Waals surface area (Å²) in [6.07, 6.45) is -2.77. The Hall–Kier alpha value is -3.08. The van der Waals surface area contributed by atoms with Crippen LogP contribution < -0.4 is 15.4 Å². The van der Waals surface area contributed by atoms with E-state index in [9.17, 15) is 30.4 Å². The molecule has 0 amide bonds. The van der Waals surface area contributed by atoms with Gasteiger partial charge in [0.25, 0.3) is 0 Å². The van der Waals surface area contributed by atoms with Gasteiger partial charge >= 0.3 is 12.8 Å². The minimum atomic E-state index is -4.44. The van der Waals surface area contributed by atoms with Gasteiger partial charge in [-0.2, -0.15) is 22.0 Å². The van der Waals surface area contributed by atoms with Crippen LogP contribution in [0, 0.1) is 11.8 Å². The zero-order chi connectivity index (χ0) is 29.8. The minimum Gasteiger partial charge on any atom is -0.433 e. The molecular formula is C28H30F5N3O3S2. The predicted molar refractivity (Wildman–Crippen MR) is 152 cm³/mol. The van der Waals surface area contributed by atoms with Crippen LogP contribution in [0.15, 0.2) is 41.3 Å². The molecule has 0 aliphatic carbocycles. The third-order valence-corrected chi connectivity index (χ3v) is 9.06. The summed E-state index contributed by atoms with van der Waals surface area (Å²) >= 11 is 1.18. The van der Waals surface area contributed by atoms with Crippen molar-refractivity contribution < 1.29 is 35.1 Å². The standard InChI is InChI=1S/C28H30F5N3O3S2/c1-3-36-14-11-18(12-15-36)35-23-7-4-6-20-21(17-28(31,32)33)25(40-26(20)23)8-5-13-34-22-10-9-19(41(2,37)38)16-24(22)39-27(29)30/h4,6-7,9-10,16,18,27,34-35H,3,11-15,17H2,1-2H3. The molecule has 222 valence electrons. The number of nitrogens with zero attached hydrogens (tertiary/aromatic N) is 1. The van der Waals surface area contributed by atoms with Crippen LogP contribution in [0.2, 0.25) is 0 Å². The fourth-order valence-corrected chi connectivity index (χ4v) is 6.52. The number of likely N-dealkylation sites (tertiary alicyclic amines) is 1. The molecule has 1 fully saturated rings. The average Bonchev–Trinajstić information content (AvgIpc) is 3.23. The number of sulfone groups is 1. The molecule has 0 spiro atoms. The molecule has 6 nitrogen and oxygen atoms in total. The highest BCUT2D eigenvalue weighted by Crippen LogP contribution is 2.39. The summed E-state index contributed by atoms with van der Waals surface area (Å²) in [5.41, 5.74) is 0.935. The van der Waals surface area contributed by atoms with Gasteiger partial charge in [0.15, 0.2) is 15.6 Å². The van der Waals surface area contributed by atoms with Gasteiger partial charge in [-0.1, -0.05) is 30.9 Å². The van der Waals surface area contributed by atoms with E-state index >= 15 is 0 Å². The summed E-state index contributed by atoms with van der Waals surface area (Å²) in [5, 5.41) is 6.79. The zero-order valence-electron chi connectivity index (χ0n) is 22.4. The van der Waals surface area contributed by atoms with Crippen molar-refractivity contribution in [3.63, 3.8) is 0 Å². The normalized spacial score (nSPS) is 15.1. The van der Waals surface area contributed by atoms with Crippen molar-refractivity contribution in [1.29, 1.82) is 0 Å². The van der Waals surface area contributed by atoms with E-state index in [1.54, 1.807) is 12.1 Å². The maximum absolute atomic E-state index is 13.6. The van der Waals surface area contributed by atoms with Crippen LogP contribution in [0.4, 0.5) is 33.3 Å². The van der Waals surface area contributed by atoms with Crippen LogP contribution in [0.1, 0.15) is 30.2 Å². The number of rotatable bonds is 9. The molecule has 41 heavy (non-hydrogen) atoms. The molecule has 2 N–H and O–H groups in total. The van der Waals surface area contributed by atoms with E-state index < -0.39 is 29.0 Å². The number of halogens is 5. The molecule has 1 aliphatic heterocycles. The second kappa shape index (κ2) is 12.8. The van der Waals surface area contributed by atoms with Crippen LogP contribution in [-0.4, -0.2) is 64.6 Å². The Kier molecular flexibility index (Phi) is 9.66. The lowest BCUT2D eigenvalue weighted by Crippen LogP contribution is -2.38. The number of alkyl halides is 5. The average molecular weight is 616 g/mol. The first-order chi connectivity index (χ1) is 19.3. The van der Waals surface area contributed by atoms with Crippen LogP contribution in [0.5, 0.6) is 5.75 Å². The summed E-state index contributed by atoms with van der Waals surface area (Å²) in [4.78, 5) is 2.42. The summed E-state index contributed by atoms with van der Waals surface area (Å²) in [6, 6.07) is 8.97. The molecule has 0 radical (unpaired) electrons. The Bertz CT molecular complexity index is 1540. The lowest BCUT2D eigenvalue weighted by Gasteiger charge is -2.32. The van der Waals surface area contributed by atoms with Gasteiger partial charge in [-0.3, -0.25) is 0 Å². The topological polar surface area (TPSA) is 70.7 Å². The maximum Gasteiger partial charge on any atom is 0.393 e. The molecule has 2 aromatic carbocycles. The van der Waals surface area contributed by atoms with E-state index in [0.29, 0.717) is 10.1 Å². The molecular weight excluding hydrogens is 585 g/mol. The lowest BCUT2D eigenvalue weighted by atomic mass is 10.0. The van der Waals surface area contributed by atoms with Crippen molar-refractivity contribution >= 4 is 42.6 Å². The molecule has 0 bridgehead atoms. The zero-order valence-corrected chi connectivity index (χ0v) is 24.1. The number of ether oxygens (including phenoxy) is 1. The van der Waals surface area contributed by atoms with E-state index in [0.717, 1.165) is 50.5 Å². The van der Waals surface area contributed by atoms with Gasteiger partial charge in [0, 0.05) is 31.5 Å². The second-order valence-corrected chi connectivity index (χ2v) is 12.7. The molecule has 0 saturated carbocycles. The Balaban J connectivity index is 1.59. The van der Waals surface area contributed by atoms with E-state index in [1.165, 1.54) is 23.5 Å². The van der Waals surface area contributed by atoms with E-state index in [-0.39, 0.29) is 39.4 Å². The van der Waals surface area contributed by atoms with E-state index in [1.807, 2.05) is 6.07 Å². The van der Waals surface area contributed by atoms with Crippen LogP contribution in [0.25, 0.3) is 10.1 Å². The largest absolute Gasteiger partial charge is 0.433 e. The van der Waals surface area contributed by atoms with Gasteiger partial charge < -0.3 is 20.3 Å². The molecule has 0 unspecified atom stereocenters. The van der Waals surface area contributed by atoms with E-state index in [4.69, 9.17) is 0 Å². The number of benzene rings is 2. The van der Waals surface area contributed by atoms with Gasteiger partial charge in [-0.15, -0.1) is 11.3 Å². The molecule has 4 rings (SSSR count). The Morgan fingerprint density at radius 1 is 1.15 bits per heavy atom. The number of hydrogen-bond acceptors (Lipinski definition) is 7. The predicted octanol–water partition coefficient (Wildman–Crippen LogP) is 6.37. The monoisotopic (exact) mass is 615 g/mol. The second-order valence-electron chi connectivity index (χ2n) is 9.70. The number of fused-ring (bicyclic) bond motifs is 1. The Morgan fingerprint density at radius 3 is 2.51 bits per heavy atom. The van der Waals surface area contributed by atoms with Gasteiger partial charge in [0.2, 0.25) is 0 Å².